The Labute approximate surface area is 113 Å². The Hall–Kier alpha value is -1.06. The van der Waals surface area contributed by atoms with E-state index in [1.807, 2.05) is 18.2 Å². The molecule has 1 aromatic rings. The Morgan fingerprint density at radius 1 is 1.22 bits per heavy atom. The first kappa shape index (κ1) is 13.4. The van der Waals surface area contributed by atoms with Gasteiger partial charge in [-0.25, -0.2) is 0 Å². The number of benzene rings is 1. The molecule has 0 radical (unpaired) electrons. The number of quaternary nitrogens is 1. The van der Waals surface area contributed by atoms with Crippen LogP contribution in [0.2, 0.25) is 5.02 Å². The summed E-state index contributed by atoms with van der Waals surface area (Å²) in [6, 6.07) is 7.34. The minimum Gasteiger partial charge on any atom is -0.335 e. The Kier molecular flexibility index (Phi) is 5.02. The van der Waals surface area contributed by atoms with Gasteiger partial charge >= 0.3 is 0 Å². The van der Waals surface area contributed by atoms with E-state index in [1.165, 1.54) is 32.4 Å². The third-order valence-corrected chi connectivity index (χ3v) is 3.74. The fourth-order valence-corrected chi connectivity index (χ4v) is 2.55. The van der Waals surface area contributed by atoms with E-state index in [-0.39, 0.29) is 5.91 Å². The van der Waals surface area contributed by atoms with E-state index < -0.39 is 0 Å². The van der Waals surface area contributed by atoms with Crippen molar-refractivity contribution in [1.82, 2.24) is 0 Å². The van der Waals surface area contributed by atoms with Gasteiger partial charge in [-0.1, -0.05) is 23.7 Å². The van der Waals surface area contributed by atoms with Crippen LogP contribution in [-0.2, 0) is 4.79 Å². The van der Waals surface area contributed by atoms with Crippen LogP contribution in [-0.4, -0.2) is 25.5 Å². The van der Waals surface area contributed by atoms with E-state index in [0.717, 1.165) is 6.54 Å². The molecule has 18 heavy (non-hydrogen) atoms. The van der Waals surface area contributed by atoms with Crippen LogP contribution in [0.25, 0.3) is 0 Å². The maximum atomic E-state index is 11.8. The van der Waals surface area contributed by atoms with E-state index >= 15 is 0 Å². The molecule has 0 bridgehead atoms. The van der Waals surface area contributed by atoms with Crippen molar-refractivity contribution in [3.63, 3.8) is 0 Å². The Morgan fingerprint density at radius 3 is 2.67 bits per heavy atom. The number of likely N-dealkylation sites (tertiary alicyclic amines) is 1. The van der Waals surface area contributed by atoms with Crippen LogP contribution in [0.4, 0.5) is 5.69 Å². The molecule has 1 aromatic carbocycles. The zero-order valence-corrected chi connectivity index (χ0v) is 11.3. The molecule has 0 aromatic heterocycles. The highest BCUT2D eigenvalue weighted by atomic mass is 35.5. The average molecular weight is 268 g/mol. The van der Waals surface area contributed by atoms with Crippen molar-refractivity contribution in [2.45, 2.75) is 25.7 Å². The van der Waals surface area contributed by atoms with Gasteiger partial charge in [-0.2, -0.15) is 0 Å². The summed E-state index contributed by atoms with van der Waals surface area (Å²) < 4.78 is 0. The molecule has 4 heteroatoms. The third kappa shape index (κ3) is 4.00. The molecule has 0 saturated carbocycles. The summed E-state index contributed by atoms with van der Waals surface area (Å²) in [5.74, 6) is 0.0566. The fraction of sp³-hybridized carbons (Fsp3) is 0.500. The van der Waals surface area contributed by atoms with Gasteiger partial charge in [0.15, 0.2) is 0 Å². The van der Waals surface area contributed by atoms with E-state index in [1.54, 1.807) is 11.0 Å². The van der Waals surface area contributed by atoms with Crippen LogP contribution in [0.3, 0.4) is 0 Å². The number of anilines is 1. The second kappa shape index (κ2) is 6.76. The predicted molar refractivity (Wildman–Crippen MR) is 74.1 cm³/mol. The normalized spacial score (nSPS) is 16.5. The molecule has 0 aliphatic carbocycles. The van der Waals surface area contributed by atoms with Crippen LogP contribution in [0.5, 0.6) is 0 Å². The van der Waals surface area contributed by atoms with Gasteiger partial charge in [0.25, 0.3) is 0 Å². The molecule has 3 nitrogen and oxygen atoms in total. The molecule has 1 aliphatic rings. The number of piperidine rings is 1. The zero-order chi connectivity index (χ0) is 12.8. The molecular formula is C14H20ClN2O+. The SMILES string of the molecule is O=C(CC[NH+]1CCCCC1)Nc1ccccc1Cl. The van der Waals surface area contributed by atoms with Crippen LogP contribution in [0.15, 0.2) is 24.3 Å². The van der Waals surface area contributed by atoms with Crippen molar-refractivity contribution in [2.75, 3.05) is 25.0 Å². The van der Waals surface area contributed by atoms with Crippen LogP contribution in [0.1, 0.15) is 25.7 Å². The van der Waals surface area contributed by atoms with Gasteiger partial charge in [-0.15, -0.1) is 0 Å². The summed E-state index contributed by atoms with van der Waals surface area (Å²) in [6.45, 7) is 3.34. The average Bonchev–Trinajstić information content (AvgIpc) is 2.40. The molecule has 1 heterocycles. The maximum Gasteiger partial charge on any atom is 0.230 e. The molecule has 1 saturated heterocycles. The highest BCUT2D eigenvalue weighted by molar-refractivity contribution is 6.33. The minimum absolute atomic E-state index is 0.0566. The van der Waals surface area contributed by atoms with Gasteiger partial charge in [0.1, 0.15) is 0 Å². The zero-order valence-electron chi connectivity index (χ0n) is 10.5. The lowest BCUT2D eigenvalue weighted by molar-refractivity contribution is -0.904. The topological polar surface area (TPSA) is 33.5 Å². The summed E-state index contributed by atoms with van der Waals surface area (Å²) in [5, 5.41) is 3.46. The van der Waals surface area contributed by atoms with Crippen LogP contribution >= 0.6 is 11.6 Å². The number of rotatable bonds is 4. The largest absolute Gasteiger partial charge is 0.335 e. The molecule has 0 spiro atoms. The summed E-state index contributed by atoms with van der Waals surface area (Å²) in [7, 11) is 0. The van der Waals surface area contributed by atoms with Crippen molar-refractivity contribution >= 4 is 23.2 Å². The first-order chi connectivity index (χ1) is 8.75. The van der Waals surface area contributed by atoms with Crippen LogP contribution < -0.4 is 10.2 Å². The number of nitrogens with one attached hydrogen (secondary N) is 2. The molecule has 98 valence electrons. The standard InChI is InChI=1S/C14H19ClN2O/c15-12-6-2-3-7-13(12)16-14(18)8-11-17-9-4-1-5-10-17/h2-3,6-7H,1,4-5,8-11H2,(H,16,18)/p+1. The molecule has 1 fully saturated rings. The van der Waals surface area contributed by atoms with E-state index in [0.29, 0.717) is 17.1 Å². The van der Waals surface area contributed by atoms with Crippen molar-refractivity contribution in [3.05, 3.63) is 29.3 Å². The molecule has 2 rings (SSSR count). The lowest BCUT2D eigenvalue weighted by Crippen LogP contribution is -3.12. The van der Waals surface area contributed by atoms with E-state index in [9.17, 15) is 4.79 Å². The molecule has 2 N–H and O–H groups in total. The first-order valence-electron chi connectivity index (χ1n) is 6.63. The fourth-order valence-electron chi connectivity index (χ4n) is 2.37. The number of carbonyl (C=O) groups excluding carboxylic acids is 1. The Balaban J connectivity index is 1.76. The van der Waals surface area contributed by atoms with Crippen molar-refractivity contribution in [1.29, 1.82) is 0 Å². The van der Waals surface area contributed by atoms with Crippen LogP contribution in [0, 0.1) is 0 Å². The van der Waals surface area contributed by atoms with Gasteiger partial charge in [0, 0.05) is 0 Å². The summed E-state index contributed by atoms with van der Waals surface area (Å²) in [4.78, 5) is 13.4. The molecule has 1 aliphatic heterocycles. The molecular weight excluding hydrogens is 248 g/mol. The third-order valence-electron chi connectivity index (χ3n) is 3.41. The van der Waals surface area contributed by atoms with Crippen molar-refractivity contribution in [3.8, 4) is 0 Å². The first-order valence-corrected chi connectivity index (χ1v) is 7.01. The predicted octanol–water partition coefficient (Wildman–Crippen LogP) is 1.74. The second-order valence-corrected chi connectivity index (χ2v) is 5.25. The minimum atomic E-state index is 0.0566. The van der Waals surface area contributed by atoms with E-state index in [2.05, 4.69) is 5.32 Å². The lowest BCUT2D eigenvalue weighted by atomic mass is 10.1. The lowest BCUT2D eigenvalue weighted by Gasteiger charge is -2.23. The number of halogens is 1. The Morgan fingerprint density at radius 2 is 1.94 bits per heavy atom. The van der Waals surface area contributed by atoms with Gasteiger partial charge in [0.2, 0.25) is 5.91 Å². The quantitative estimate of drug-likeness (QED) is 0.856. The summed E-state index contributed by atoms with van der Waals surface area (Å²) in [6.07, 6.45) is 4.50. The number of hydrogen-bond donors (Lipinski definition) is 2. The maximum absolute atomic E-state index is 11.8. The molecule has 1 amide bonds. The van der Waals surface area contributed by atoms with Gasteiger partial charge in [0.05, 0.1) is 36.8 Å². The van der Waals surface area contributed by atoms with E-state index in [4.69, 9.17) is 11.6 Å². The summed E-state index contributed by atoms with van der Waals surface area (Å²) >= 11 is 6.00. The molecule has 0 unspecified atom stereocenters. The van der Waals surface area contributed by atoms with Crippen molar-refractivity contribution in [2.24, 2.45) is 0 Å². The highest BCUT2D eigenvalue weighted by Crippen LogP contribution is 2.20. The van der Waals surface area contributed by atoms with Gasteiger partial charge < -0.3 is 10.2 Å². The molecule has 0 atom stereocenters. The monoisotopic (exact) mass is 267 g/mol. The van der Waals surface area contributed by atoms with Crippen molar-refractivity contribution < 1.29 is 9.69 Å². The number of para-hydroxylation sites is 1. The number of carbonyl (C=O) groups is 1. The van der Waals surface area contributed by atoms with Gasteiger partial charge in [-0.05, 0) is 31.4 Å². The Bertz CT molecular complexity index is 403. The number of amides is 1. The van der Waals surface area contributed by atoms with Gasteiger partial charge in [-0.3, -0.25) is 4.79 Å². The summed E-state index contributed by atoms with van der Waals surface area (Å²) in [5.41, 5.74) is 0.706. The smallest absolute Gasteiger partial charge is 0.230 e. The number of hydrogen-bond acceptors (Lipinski definition) is 1. The highest BCUT2D eigenvalue weighted by Gasteiger charge is 2.15. The second-order valence-electron chi connectivity index (χ2n) is 4.84.